The predicted octanol–water partition coefficient (Wildman–Crippen LogP) is 4.03. The quantitative estimate of drug-likeness (QED) is 0.829. The van der Waals surface area contributed by atoms with Crippen molar-refractivity contribution in [3.8, 4) is 6.01 Å². The van der Waals surface area contributed by atoms with Crippen LogP contribution in [0.4, 0.5) is 4.39 Å². The van der Waals surface area contributed by atoms with Gasteiger partial charge in [0.1, 0.15) is 6.10 Å². The molecule has 0 unspecified atom stereocenters. The van der Waals surface area contributed by atoms with E-state index < -0.39 is 5.82 Å². The minimum atomic E-state index is -0.460. The van der Waals surface area contributed by atoms with Crippen molar-refractivity contribution in [3.05, 3.63) is 18.2 Å². The zero-order chi connectivity index (χ0) is 19.1. The Hall–Kier alpha value is -1.72. The largest absolute Gasteiger partial charge is 0.460 e. The molecular weight excluding hydrogens is 357 g/mol. The van der Waals surface area contributed by atoms with Gasteiger partial charge in [0, 0.05) is 12.5 Å². The van der Waals surface area contributed by atoms with E-state index in [4.69, 9.17) is 4.74 Å². The van der Waals surface area contributed by atoms with Crippen LogP contribution < -0.4 is 10.1 Å². The van der Waals surface area contributed by atoms with Gasteiger partial charge in [-0.1, -0.05) is 0 Å². The fraction of sp³-hybridized carbons (Fsp3) is 0.773. The number of aromatic nitrogens is 2. The number of halogens is 1. The summed E-state index contributed by atoms with van der Waals surface area (Å²) in [6.45, 7) is 0. The van der Waals surface area contributed by atoms with E-state index in [0.29, 0.717) is 5.41 Å². The van der Waals surface area contributed by atoms with Gasteiger partial charge < -0.3 is 10.1 Å². The minimum absolute atomic E-state index is 0.0433. The number of hydrogen-bond acceptors (Lipinski definition) is 4. The van der Waals surface area contributed by atoms with Gasteiger partial charge in [0.25, 0.3) is 0 Å². The number of hydrogen-bond donors (Lipinski definition) is 1. The zero-order valence-electron chi connectivity index (χ0n) is 16.4. The van der Waals surface area contributed by atoms with Crippen LogP contribution in [0.15, 0.2) is 12.4 Å². The molecule has 5 saturated carbocycles. The van der Waals surface area contributed by atoms with Crippen molar-refractivity contribution < 1.29 is 13.9 Å². The lowest BCUT2D eigenvalue weighted by molar-refractivity contribution is -0.130. The van der Waals surface area contributed by atoms with E-state index >= 15 is 0 Å². The van der Waals surface area contributed by atoms with Gasteiger partial charge in [0.15, 0.2) is 5.82 Å². The van der Waals surface area contributed by atoms with Crippen molar-refractivity contribution in [1.29, 1.82) is 0 Å². The van der Waals surface area contributed by atoms with Crippen molar-refractivity contribution in [2.75, 3.05) is 0 Å². The van der Waals surface area contributed by atoms with E-state index in [2.05, 4.69) is 15.3 Å². The van der Waals surface area contributed by atoms with Gasteiger partial charge in [0.2, 0.25) is 5.91 Å². The molecule has 1 amide bonds. The first-order valence-corrected chi connectivity index (χ1v) is 11.0. The Bertz CT molecular complexity index is 680. The van der Waals surface area contributed by atoms with Crippen molar-refractivity contribution in [2.45, 2.75) is 82.8 Å². The summed E-state index contributed by atoms with van der Waals surface area (Å²) in [6, 6.07) is 0.478. The molecule has 6 heteroatoms. The van der Waals surface area contributed by atoms with Gasteiger partial charge in [-0.2, -0.15) is 0 Å². The summed E-state index contributed by atoms with van der Waals surface area (Å²) < 4.78 is 18.6. The second kappa shape index (κ2) is 7.27. The molecule has 5 aliphatic carbocycles. The average molecular weight is 387 g/mol. The molecule has 1 aromatic rings. The van der Waals surface area contributed by atoms with Gasteiger partial charge in [0.05, 0.1) is 12.4 Å². The van der Waals surface area contributed by atoms with Crippen LogP contribution in [-0.2, 0) is 4.79 Å². The summed E-state index contributed by atoms with van der Waals surface area (Å²) in [7, 11) is 0. The summed E-state index contributed by atoms with van der Waals surface area (Å²) in [5.41, 5.74) is 0.305. The van der Waals surface area contributed by atoms with Gasteiger partial charge >= 0.3 is 6.01 Å². The molecule has 1 N–H and O–H groups in total. The van der Waals surface area contributed by atoms with E-state index in [1.165, 1.54) is 38.5 Å². The van der Waals surface area contributed by atoms with Crippen LogP contribution in [0.25, 0.3) is 0 Å². The molecule has 0 spiro atoms. The Morgan fingerprint density at radius 2 is 1.61 bits per heavy atom. The molecule has 5 fully saturated rings. The van der Waals surface area contributed by atoms with Gasteiger partial charge in [-0.3, -0.25) is 4.79 Å². The molecule has 0 atom stereocenters. The molecular formula is C22H30FN3O2. The minimum Gasteiger partial charge on any atom is -0.460 e. The second-order valence-corrected chi connectivity index (χ2v) is 9.94. The summed E-state index contributed by atoms with van der Waals surface area (Å²) in [4.78, 5) is 20.5. The average Bonchev–Trinajstić information content (AvgIpc) is 2.63. The third-order valence-electron chi connectivity index (χ3n) is 7.61. The number of amides is 1. The number of nitrogens with one attached hydrogen (secondary N) is 1. The fourth-order valence-corrected chi connectivity index (χ4v) is 6.96. The molecule has 0 aliphatic heterocycles. The molecule has 5 aliphatic rings. The Morgan fingerprint density at radius 1 is 1.04 bits per heavy atom. The van der Waals surface area contributed by atoms with E-state index in [1.807, 2.05) is 0 Å². The maximum absolute atomic E-state index is 12.9. The Balaban J connectivity index is 1.09. The lowest BCUT2D eigenvalue weighted by Gasteiger charge is -2.56. The van der Waals surface area contributed by atoms with Gasteiger partial charge in [-0.25, -0.2) is 14.4 Å². The number of carbonyl (C=O) groups excluding carboxylic acids is 1. The lowest BCUT2D eigenvalue weighted by Crippen LogP contribution is -2.49. The normalized spacial score (nSPS) is 39.0. The first-order chi connectivity index (χ1) is 13.6. The molecule has 0 radical (unpaired) electrons. The highest BCUT2D eigenvalue weighted by Gasteiger charge is 2.51. The van der Waals surface area contributed by atoms with E-state index in [-0.39, 0.29) is 24.1 Å². The Labute approximate surface area is 165 Å². The lowest BCUT2D eigenvalue weighted by atomic mass is 9.49. The molecule has 1 heterocycles. The maximum atomic E-state index is 12.9. The Kier molecular flexibility index (Phi) is 4.76. The monoisotopic (exact) mass is 387 g/mol. The molecule has 28 heavy (non-hydrogen) atoms. The third-order valence-corrected chi connectivity index (χ3v) is 7.61. The molecule has 6 rings (SSSR count). The molecule has 1 aromatic heterocycles. The van der Waals surface area contributed by atoms with Gasteiger partial charge in [-0.05, 0) is 87.4 Å². The topological polar surface area (TPSA) is 64.1 Å². The molecule has 0 aromatic carbocycles. The summed E-state index contributed by atoms with van der Waals surface area (Å²) in [5, 5.41) is 3.31. The van der Waals surface area contributed by atoms with Crippen molar-refractivity contribution in [2.24, 2.45) is 23.2 Å². The number of nitrogens with zero attached hydrogens (tertiary/aromatic N) is 2. The molecule has 4 bridgehead atoms. The Morgan fingerprint density at radius 3 is 2.18 bits per heavy atom. The van der Waals surface area contributed by atoms with Crippen LogP contribution in [0.5, 0.6) is 6.01 Å². The summed E-state index contributed by atoms with van der Waals surface area (Å²) in [5.74, 6) is 2.46. The first-order valence-electron chi connectivity index (χ1n) is 11.0. The highest BCUT2D eigenvalue weighted by Crippen LogP contribution is 2.61. The molecule has 0 saturated heterocycles. The fourth-order valence-electron chi connectivity index (χ4n) is 6.96. The zero-order valence-corrected chi connectivity index (χ0v) is 16.4. The van der Waals surface area contributed by atoms with E-state index in [9.17, 15) is 9.18 Å². The standard InChI is InChI=1S/C22H30FN3O2/c23-17-12-24-21(25-13-17)28-19-3-1-18(2-4-19)26-20(27)11-22-8-14-5-15(9-22)7-16(6-14)10-22/h12-16,18-19H,1-11H2,(H,26,27). The third kappa shape index (κ3) is 3.87. The van der Waals surface area contributed by atoms with Crippen LogP contribution in [0, 0.1) is 29.0 Å². The van der Waals surface area contributed by atoms with Crippen molar-refractivity contribution in [1.82, 2.24) is 15.3 Å². The van der Waals surface area contributed by atoms with Crippen molar-refractivity contribution >= 4 is 5.91 Å². The van der Waals surface area contributed by atoms with Crippen LogP contribution in [-0.4, -0.2) is 28.0 Å². The molecule has 5 nitrogen and oxygen atoms in total. The molecule has 152 valence electrons. The summed E-state index contributed by atoms with van der Waals surface area (Å²) >= 11 is 0. The number of ether oxygens (including phenoxy) is 1. The highest BCUT2D eigenvalue weighted by molar-refractivity contribution is 5.77. The van der Waals surface area contributed by atoms with Crippen LogP contribution in [0.1, 0.15) is 70.6 Å². The SMILES string of the molecule is O=C(CC12CC3CC(CC(C3)C1)C2)NC1CCC(Oc2ncc(F)cn2)CC1. The van der Waals surface area contributed by atoms with Crippen LogP contribution in [0.3, 0.4) is 0 Å². The first kappa shape index (κ1) is 18.3. The smallest absolute Gasteiger partial charge is 0.316 e. The second-order valence-electron chi connectivity index (χ2n) is 9.94. The van der Waals surface area contributed by atoms with Crippen molar-refractivity contribution in [3.63, 3.8) is 0 Å². The predicted molar refractivity (Wildman–Crippen MR) is 102 cm³/mol. The van der Waals surface area contributed by atoms with E-state index in [1.54, 1.807) is 0 Å². The number of carbonyl (C=O) groups is 1. The maximum Gasteiger partial charge on any atom is 0.316 e. The number of rotatable bonds is 5. The van der Waals surface area contributed by atoms with Gasteiger partial charge in [-0.15, -0.1) is 0 Å². The van der Waals surface area contributed by atoms with E-state index in [0.717, 1.165) is 62.3 Å². The summed E-state index contributed by atoms with van der Waals surface area (Å²) in [6.07, 6.45) is 14.7. The van der Waals surface area contributed by atoms with Crippen LogP contribution in [0.2, 0.25) is 0 Å². The van der Waals surface area contributed by atoms with Crippen LogP contribution >= 0.6 is 0 Å². The highest BCUT2D eigenvalue weighted by atomic mass is 19.1.